The standard InChI is InChI=1S/C22H19NO4/c1-13(2)18-19(14(3)15-7-5-4-6-8-15)21(25)23(20(18)24)17-11-9-16(10-12-17)22(26)27/h4-12H,1-3H3,(H,26,27)/b19-14+. The molecule has 0 aliphatic carbocycles. The topological polar surface area (TPSA) is 74.7 Å². The number of carbonyl (C=O) groups is 3. The van der Waals surface area contributed by atoms with Gasteiger partial charge in [0.15, 0.2) is 0 Å². The second-order valence-corrected chi connectivity index (χ2v) is 6.54. The van der Waals surface area contributed by atoms with E-state index in [-0.39, 0.29) is 5.56 Å². The molecule has 0 spiro atoms. The fourth-order valence-electron chi connectivity index (χ4n) is 3.16. The summed E-state index contributed by atoms with van der Waals surface area (Å²) in [6.07, 6.45) is 0. The van der Waals surface area contributed by atoms with Gasteiger partial charge in [-0.3, -0.25) is 9.59 Å². The lowest BCUT2D eigenvalue weighted by atomic mass is 9.95. The molecular formula is C22H19NO4. The van der Waals surface area contributed by atoms with Crippen molar-refractivity contribution in [1.29, 1.82) is 0 Å². The molecule has 5 nitrogen and oxygen atoms in total. The number of carbonyl (C=O) groups excluding carboxylic acids is 2. The third-order valence-electron chi connectivity index (χ3n) is 4.54. The highest BCUT2D eigenvalue weighted by Gasteiger charge is 2.41. The van der Waals surface area contributed by atoms with Crippen LogP contribution >= 0.6 is 0 Å². The Balaban J connectivity index is 2.15. The van der Waals surface area contributed by atoms with Crippen LogP contribution in [0.1, 0.15) is 36.7 Å². The van der Waals surface area contributed by atoms with Gasteiger partial charge in [-0.2, -0.15) is 0 Å². The van der Waals surface area contributed by atoms with Gasteiger partial charge in [0.05, 0.1) is 22.4 Å². The van der Waals surface area contributed by atoms with Crippen LogP contribution in [-0.4, -0.2) is 22.9 Å². The number of carboxylic acid groups (broad SMARTS) is 1. The first-order chi connectivity index (χ1) is 12.8. The number of hydrogen-bond acceptors (Lipinski definition) is 3. The first-order valence-corrected chi connectivity index (χ1v) is 8.49. The van der Waals surface area contributed by atoms with E-state index >= 15 is 0 Å². The Bertz CT molecular complexity index is 994. The van der Waals surface area contributed by atoms with Gasteiger partial charge in [-0.25, -0.2) is 9.69 Å². The van der Waals surface area contributed by atoms with E-state index in [1.165, 1.54) is 24.3 Å². The lowest BCUT2D eigenvalue weighted by Gasteiger charge is -2.13. The summed E-state index contributed by atoms with van der Waals surface area (Å²) in [6.45, 7) is 5.43. The molecule has 1 heterocycles. The lowest BCUT2D eigenvalue weighted by molar-refractivity contribution is -0.119. The molecule has 2 amide bonds. The van der Waals surface area contributed by atoms with Crippen molar-refractivity contribution in [1.82, 2.24) is 0 Å². The van der Waals surface area contributed by atoms with Crippen molar-refractivity contribution < 1.29 is 19.5 Å². The Labute approximate surface area is 157 Å². The van der Waals surface area contributed by atoms with Crippen LogP contribution < -0.4 is 4.90 Å². The molecule has 2 aromatic carbocycles. The molecule has 0 bridgehead atoms. The van der Waals surface area contributed by atoms with Crippen LogP contribution in [-0.2, 0) is 9.59 Å². The number of hydrogen-bond donors (Lipinski definition) is 1. The van der Waals surface area contributed by atoms with E-state index in [1.807, 2.05) is 37.3 Å². The molecule has 0 atom stereocenters. The van der Waals surface area contributed by atoms with E-state index in [9.17, 15) is 14.4 Å². The number of carboxylic acids is 1. The fraction of sp³-hybridized carbons (Fsp3) is 0.136. The van der Waals surface area contributed by atoms with Crippen LogP contribution in [0.25, 0.3) is 5.57 Å². The first-order valence-electron chi connectivity index (χ1n) is 8.49. The summed E-state index contributed by atoms with van der Waals surface area (Å²) in [5.74, 6) is -1.86. The van der Waals surface area contributed by atoms with E-state index in [0.29, 0.717) is 16.8 Å². The summed E-state index contributed by atoms with van der Waals surface area (Å²) in [5.41, 5.74) is 3.58. The van der Waals surface area contributed by atoms with Crippen molar-refractivity contribution in [3.8, 4) is 0 Å². The van der Waals surface area contributed by atoms with Gasteiger partial charge in [0.25, 0.3) is 11.8 Å². The number of benzene rings is 2. The minimum atomic E-state index is -1.06. The van der Waals surface area contributed by atoms with E-state index in [2.05, 4.69) is 0 Å². The molecule has 27 heavy (non-hydrogen) atoms. The summed E-state index contributed by atoms with van der Waals surface area (Å²) in [6, 6.07) is 15.2. The lowest BCUT2D eigenvalue weighted by Crippen LogP contribution is -2.29. The second kappa shape index (κ2) is 7.03. The Morgan fingerprint density at radius 2 is 1.33 bits per heavy atom. The second-order valence-electron chi connectivity index (χ2n) is 6.54. The normalized spacial score (nSPS) is 16.0. The van der Waals surface area contributed by atoms with Gasteiger partial charge in [0, 0.05) is 0 Å². The molecule has 1 saturated heterocycles. The van der Waals surface area contributed by atoms with Crippen LogP contribution in [0.2, 0.25) is 0 Å². The molecule has 1 aliphatic rings. The number of amides is 2. The maximum atomic E-state index is 13.2. The zero-order valence-electron chi connectivity index (χ0n) is 15.3. The summed E-state index contributed by atoms with van der Waals surface area (Å²) in [4.78, 5) is 38.3. The predicted molar refractivity (Wildman–Crippen MR) is 103 cm³/mol. The SMILES string of the molecule is CC(C)=C1C(=O)N(c2ccc(C(=O)O)cc2)C(=O)/C1=C(\C)c1ccccc1. The number of allylic oxidation sites excluding steroid dienone is 2. The molecule has 1 aliphatic heterocycles. The van der Waals surface area contributed by atoms with Crippen molar-refractivity contribution in [3.05, 3.63) is 82.4 Å². The zero-order valence-corrected chi connectivity index (χ0v) is 15.3. The monoisotopic (exact) mass is 361 g/mol. The Hall–Kier alpha value is -3.47. The van der Waals surface area contributed by atoms with Crippen molar-refractivity contribution in [2.75, 3.05) is 4.90 Å². The Kier molecular flexibility index (Phi) is 4.77. The average molecular weight is 361 g/mol. The zero-order chi connectivity index (χ0) is 19.7. The van der Waals surface area contributed by atoms with E-state index in [1.54, 1.807) is 13.8 Å². The highest BCUT2D eigenvalue weighted by Crippen LogP contribution is 2.36. The summed E-state index contributed by atoms with van der Waals surface area (Å²) in [7, 11) is 0. The largest absolute Gasteiger partial charge is 0.478 e. The molecule has 0 saturated carbocycles. The third kappa shape index (κ3) is 3.19. The average Bonchev–Trinajstić information content (AvgIpc) is 2.92. The Morgan fingerprint density at radius 1 is 0.778 bits per heavy atom. The molecule has 0 radical (unpaired) electrons. The molecule has 1 fully saturated rings. The van der Waals surface area contributed by atoms with E-state index in [0.717, 1.165) is 21.6 Å². The smallest absolute Gasteiger partial charge is 0.335 e. The van der Waals surface area contributed by atoms with Crippen molar-refractivity contribution >= 4 is 29.0 Å². The maximum absolute atomic E-state index is 13.2. The summed E-state index contributed by atoms with van der Waals surface area (Å²) in [5, 5.41) is 9.04. The predicted octanol–water partition coefficient (Wildman–Crippen LogP) is 4.07. The third-order valence-corrected chi connectivity index (χ3v) is 4.54. The fourth-order valence-corrected chi connectivity index (χ4v) is 3.16. The van der Waals surface area contributed by atoms with Crippen LogP contribution in [0.3, 0.4) is 0 Å². The van der Waals surface area contributed by atoms with Crippen molar-refractivity contribution in [3.63, 3.8) is 0 Å². The van der Waals surface area contributed by atoms with E-state index in [4.69, 9.17) is 5.11 Å². The molecule has 2 aromatic rings. The molecular weight excluding hydrogens is 342 g/mol. The highest BCUT2D eigenvalue weighted by atomic mass is 16.4. The number of nitrogens with zero attached hydrogens (tertiary/aromatic N) is 1. The van der Waals surface area contributed by atoms with Gasteiger partial charge in [-0.1, -0.05) is 35.9 Å². The Morgan fingerprint density at radius 3 is 1.85 bits per heavy atom. The van der Waals surface area contributed by atoms with Crippen LogP contribution in [0, 0.1) is 0 Å². The van der Waals surface area contributed by atoms with Gasteiger partial charge in [0.2, 0.25) is 0 Å². The molecule has 5 heteroatoms. The number of imide groups is 1. The first kappa shape index (κ1) is 18.3. The molecule has 3 rings (SSSR count). The maximum Gasteiger partial charge on any atom is 0.335 e. The number of aromatic carboxylic acids is 1. The van der Waals surface area contributed by atoms with Crippen LogP contribution in [0.15, 0.2) is 71.3 Å². The van der Waals surface area contributed by atoms with Crippen molar-refractivity contribution in [2.45, 2.75) is 20.8 Å². The van der Waals surface area contributed by atoms with Gasteiger partial charge in [0.1, 0.15) is 0 Å². The molecule has 0 unspecified atom stereocenters. The number of anilines is 1. The quantitative estimate of drug-likeness (QED) is 0.661. The molecule has 0 aromatic heterocycles. The minimum Gasteiger partial charge on any atom is -0.478 e. The minimum absolute atomic E-state index is 0.0940. The summed E-state index contributed by atoms with van der Waals surface area (Å²) >= 11 is 0. The number of rotatable bonds is 3. The van der Waals surface area contributed by atoms with Gasteiger partial charge < -0.3 is 5.11 Å². The molecule has 1 N–H and O–H groups in total. The van der Waals surface area contributed by atoms with Crippen LogP contribution in [0.5, 0.6) is 0 Å². The highest BCUT2D eigenvalue weighted by molar-refractivity contribution is 6.39. The van der Waals surface area contributed by atoms with Gasteiger partial charge >= 0.3 is 5.97 Å². The van der Waals surface area contributed by atoms with Crippen molar-refractivity contribution in [2.24, 2.45) is 0 Å². The summed E-state index contributed by atoms with van der Waals surface area (Å²) < 4.78 is 0. The van der Waals surface area contributed by atoms with Gasteiger partial charge in [-0.15, -0.1) is 0 Å². The molecule has 136 valence electrons. The van der Waals surface area contributed by atoms with Crippen LogP contribution in [0.4, 0.5) is 5.69 Å². The van der Waals surface area contributed by atoms with E-state index < -0.39 is 17.8 Å². The van der Waals surface area contributed by atoms with Gasteiger partial charge in [-0.05, 0) is 56.2 Å².